The summed E-state index contributed by atoms with van der Waals surface area (Å²) in [5.41, 5.74) is 0.275. The van der Waals surface area contributed by atoms with Gasteiger partial charge >= 0.3 is 0 Å². The number of rotatable bonds is 7. The predicted molar refractivity (Wildman–Crippen MR) is 73.7 cm³/mol. The fraction of sp³-hybridized carbons (Fsp3) is 0.364. The number of sulfonamides is 1. The molecule has 2 N–H and O–H groups in total. The molecule has 0 unspecified atom stereocenters. The lowest BCUT2D eigenvalue weighted by molar-refractivity contribution is -0.115. The van der Waals surface area contributed by atoms with Crippen LogP contribution in [-0.2, 0) is 19.6 Å². The quantitative estimate of drug-likeness (QED) is 0.783. The topological polar surface area (TPSA) is 84.5 Å². The Kier molecular flexibility index (Phi) is 6.34. The lowest BCUT2D eigenvalue weighted by Gasteiger charge is -2.08. The molecule has 0 aliphatic carbocycles. The van der Waals surface area contributed by atoms with Gasteiger partial charge < -0.3 is 10.1 Å². The van der Waals surface area contributed by atoms with Gasteiger partial charge in [0.15, 0.2) is 0 Å². The molecule has 1 aromatic carbocycles. The Hall–Kier alpha value is -1.22. The molecule has 0 heterocycles. The van der Waals surface area contributed by atoms with Gasteiger partial charge in [-0.2, -0.15) is 0 Å². The fourth-order valence-corrected chi connectivity index (χ4v) is 2.28. The van der Waals surface area contributed by atoms with Crippen LogP contribution in [0.1, 0.15) is 0 Å². The minimum absolute atomic E-state index is 0.0323. The van der Waals surface area contributed by atoms with E-state index in [-0.39, 0.29) is 23.1 Å². The van der Waals surface area contributed by atoms with E-state index in [2.05, 4.69) is 14.8 Å². The van der Waals surface area contributed by atoms with Crippen molar-refractivity contribution >= 4 is 33.2 Å². The van der Waals surface area contributed by atoms with Gasteiger partial charge in [-0.25, -0.2) is 17.5 Å². The average Bonchev–Trinajstić information content (AvgIpc) is 2.39. The first-order chi connectivity index (χ1) is 9.34. The minimum atomic E-state index is -3.57. The molecule has 20 heavy (non-hydrogen) atoms. The molecule has 0 aliphatic rings. The number of methoxy groups -OCH3 is 1. The summed E-state index contributed by atoms with van der Waals surface area (Å²) < 4.78 is 42.5. The van der Waals surface area contributed by atoms with Crippen molar-refractivity contribution in [3.63, 3.8) is 0 Å². The maximum Gasteiger partial charge on any atom is 0.239 e. The first kappa shape index (κ1) is 16.8. The zero-order chi connectivity index (χ0) is 15.2. The minimum Gasteiger partial charge on any atom is -0.384 e. The summed E-state index contributed by atoms with van der Waals surface area (Å²) in [6.07, 6.45) is 0. The third-order valence-electron chi connectivity index (χ3n) is 2.21. The molecule has 0 saturated carbocycles. The number of benzene rings is 1. The van der Waals surface area contributed by atoms with Crippen molar-refractivity contribution in [2.24, 2.45) is 0 Å². The Morgan fingerprint density at radius 1 is 1.45 bits per heavy atom. The highest BCUT2D eigenvalue weighted by molar-refractivity contribution is 7.89. The second-order valence-corrected chi connectivity index (χ2v) is 6.14. The predicted octanol–water partition coefficient (Wildman–Crippen LogP) is 0.983. The van der Waals surface area contributed by atoms with E-state index in [4.69, 9.17) is 11.6 Å². The van der Waals surface area contributed by atoms with E-state index in [0.717, 1.165) is 6.07 Å². The van der Waals surface area contributed by atoms with Gasteiger partial charge in [0.2, 0.25) is 15.9 Å². The van der Waals surface area contributed by atoms with Crippen molar-refractivity contribution in [2.75, 3.05) is 31.3 Å². The Morgan fingerprint density at radius 2 is 2.15 bits per heavy atom. The Labute approximate surface area is 121 Å². The number of carbonyl (C=O) groups excluding carboxylic acids is 1. The van der Waals surface area contributed by atoms with E-state index in [0.29, 0.717) is 0 Å². The number of hydrogen-bond acceptors (Lipinski definition) is 4. The zero-order valence-electron chi connectivity index (χ0n) is 10.7. The zero-order valence-corrected chi connectivity index (χ0v) is 12.2. The van der Waals surface area contributed by atoms with Crippen molar-refractivity contribution in [2.45, 2.75) is 0 Å². The molecule has 112 valence electrons. The monoisotopic (exact) mass is 324 g/mol. The van der Waals surface area contributed by atoms with Gasteiger partial charge in [-0.15, -0.1) is 0 Å². The number of nitrogens with one attached hydrogen (secondary N) is 2. The maximum atomic E-state index is 12.9. The molecule has 0 saturated heterocycles. The second kappa shape index (κ2) is 7.53. The number of carbonyl (C=O) groups is 1. The molecule has 0 spiro atoms. The van der Waals surface area contributed by atoms with Crippen molar-refractivity contribution in [1.29, 1.82) is 0 Å². The van der Waals surface area contributed by atoms with Gasteiger partial charge in [-0.1, -0.05) is 11.6 Å². The van der Waals surface area contributed by atoms with E-state index in [1.807, 2.05) is 0 Å². The summed E-state index contributed by atoms with van der Waals surface area (Å²) >= 11 is 5.55. The number of amides is 1. The molecule has 0 radical (unpaired) electrons. The van der Waals surface area contributed by atoms with Crippen LogP contribution >= 0.6 is 11.6 Å². The molecular formula is C11H14ClFN2O4S. The van der Waals surface area contributed by atoms with Crippen LogP contribution in [0.4, 0.5) is 10.1 Å². The fourth-order valence-electron chi connectivity index (χ4n) is 1.22. The van der Waals surface area contributed by atoms with Crippen molar-refractivity contribution in [3.8, 4) is 0 Å². The standard InChI is InChI=1S/C11H14ClFN2O4S/c1-19-4-5-20(17,18)14-7-11(16)15-8-2-3-10(13)9(12)6-8/h2-3,6,14H,4-5,7H2,1H3,(H,15,16). The van der Waals surface area contributed by atoms with Crippen molar-refractivity contribution < 1.29 is 22.3 Å². The summed E-state index contributed by atoms with van der Waals surface area (Å²) in [5.74, 6) is -1.43. The summed E-state index contributed by atoms with van der Waals surface area (Å²) in [6, 6.07) is 3.65. The Morgan fingerprint density at radius 3 is 2.75 bits per heavy atom. The van der Waals surface area contributed by atoms with E-state index < -0.39 is 28.3 Å². The molecule has 1 amide bonds. The highest BCUT2D eigenvalue weighted by Crippen LogP contribution is 2.19. The average molecular weight is 325 g/mol. The van der Waals surface area contributed by atoms with Gasteiger partial charge in [-0.3, -0.25) is 4.79 Å². The van der Waals surface area contributed by atoms with Crippen molar-refractivity contribution in [3.05, 3.63) is 29.0 Å². The van der Waals surface area contributed by atoms with Crippen LogP contribution in [0.5, 0.6) is 0 Å². The van der Waals surface area contributed by atoms with Crippen LogP contribution in [0.25, 0.3) is 0 Å². The van der Waals surface area contributed by atoms with E-state index in [1.165, 1.54) is 19.2 Å². The number of anilines is 1. The SMILES string of the molecule is COCCS(=O)(=O)NCC(=O)Nc1ccc(F)c(Cl)c1. The second-order valence-electron chi connectivity index (χ2n) is 3.81. The Bertz CT molecular complexity index is 580. The lowest BCUT2D eigenvalue weighted by atomic mass is 10.3. The molecule has 9 heteroatoms. The molecular weight excluding hydrogens is 311 g/mol. The van der Waals surface area contributed by atoms with Gasteiger partial charge in [0.1, 0.15) is 5.82 Å². The van der Waals surface area contributed by atoms with Crippen molar-refractivity contribution in [1.82, 2.24) is 4.72 Å². The molecule has 0 aromatic heterocycles. The highest BCUT2D eigenvalue weighted by atomic mass is 35.5. The molecule has 0 aliphatic heterocycles. The van der Waals surface area contributed by atoms with Crippen LogP contribution in [0.15, 0.2) is 18.2 Å². The largest absolute Gasteiger partial charge is 0.384 e. The first-order valence-electron chi connectivity index (χ1n) is 5.55. The van der Waals surface area contributed by atoms with Crippen LogP contribution in [-0.4, -0.2) is 40.3 Å². The van der Waals surface area contributed by atoms with Crippen LogP contribution in [0.3, 0.4) is 0 Å². The maximum absolute atomic E-state index is 12.9. The molecule has 1 aromatic rings. The normalized spacial score (nSPS) is 11.3. The lowest BCUT2D eigenvalue weighted by Crippen LogP contribution is -2.35. The van der Waals surface area contributed by atoms with Gasteiger partial charge in [0, 0.05) is 12.8 Å². The molecule has 1 rings (SSSR count). The summed E-state index contributed by atoms with van der Waals surface area (Å²) in [5, 5.41) is 2.25. The third-order valence-corrected chi connectivity index (χ3v) is 3.79. The van der Waals surface area contributed by atoms with E-state index >= 15 is 0 Å². The Balaban J connectivity index is 2.49. The van der Waals surface area contributed by atoms with Crippen LogP contribution < -0.4 is 10.0 Å². The number of hydrogen-bond donors (Lipinski definition) is 2. The van der Waals surface area contributed by atoms with Crippen LogP contribution in [0.2, 0.25) is 5.02 Å². The smallest absolute Gasteiger partial charge is 0.239 e. The number of halogens is 2. The third kappa shape index (κ3) is 5.83. The van der Waals surface area contributed by atoms with Gasteiger partial charge in [0.05, 0.1) is 23.9 Å². The van der Waals surface area contributed by atoms with E-state index in [9.17, 15) is 17.6 Å². The number of ether oxygens (including phenoxy) is 1. The first-order valence-corrected chi connectivity index (χ1v) is 7.58. The summed E-state index contributed by atoms with van der Waals surface area (Å²) in [7, 11) is -2.19. The molecule has 0 atom stereocenters. The molecule has 0 bridgehead atoms. The summed E-state index contributed by atoms with van der Waals surface area (Å²) in [4.78, 5) is 11.5. The summed E-state index contributed by atoms with van der Waals surface area (Å²) in [6.45, 7) is -0.397. The molecule has 6 nitrogen and oxygen atoms in total. The van der Waals surface area contributed by atoms with Crippen LogP contribution in [0, 0.1) is 5.82 Å². The highest BCUT2D eigenvalue weighted by Gasteiger charge is 2.12. The van der Waals surface area contributed by atoms with Gasteiger partial charge in [0.25, 0.3) is 0 Å². The molecule has 0 fully saturated rings. The van der Waals surface area contributed by atoms with E-state index in [1.54, 1.807) is 0 Å². The van der Waals surface area contributed by atoms with Gasteiger partial charge in [-0.05, 0) is 18.2 Å².